The second-order valence-corrected chi connectivity index (χ2v) is 10.3. The Balaban J connectivity index is 1.59. The van der Waals surface area contributed by atoms with Gasteiger partial charge in [-0.1, -0.05) is 50.5 Å². The lowest BCUT2D eigenvalue weighted by atomic mass is 9.47. The predicted octanol–water partition coefficient (Wildman–Crippen LogP) is 2.64. The van der Waals surface area contributed by atoms with E-state index in [-0.39, 0.29) is 23.4 Å². The first kappa shape index (κ1) is 21.3. The molecule has 31 heavy (non-hydrogen) atoms. The van der Waals surface area contributed by atoms with Crippen LogP contribution in [0.5, 0.6) is 0 Å². The number of hydrogen-bond acceptors (Lipinski definition) is 6. The lowest BCUT2D eigenvalue weighted by molar-refractivity contribution is -0.175. The highest BCUT2D eigenvalue weighted by atomic mass is 16.7. The van der Waals surface area contributed by atoms with Crippen LogP contribution in [0.15, 0.2) is 35.5 Å². The molecule has 3 fully saturated rings. The Labute approximate surface area is 183 Å². The Kier molecular flexibility index (Phi) is 4.76. The van der Waals surface area contributed by atoms with E-state index in [2.05, 4.69) is 13.0 Å². The first-order valence-electron chi connectivity index (χ1n) is 11.5. The number of carbonyl (C=O) groups excluding carboxylic acids is 2. The SMILES string of the molecule is CCC[C@H]1O[C@H]2C=C3[C@@H]4CCC5=CC(=O)C=C[C@]5(C)[C@@H]4[C@@H](O)C[C@]3(C)[C@@]2(C(=O)CO)O1. The fourth-order valence-corrected chi connectivity index (χ4v) is 7.41. The van der Waals surface area contributed by atoms with Crippen LogP contribution in [0.2, 0.25) is 0 Å². The van der Waals surface area contributed by atoms with Crippen LogP contribution in [0.25, 0.3) is 0 Å². The highest BCUT2D eigenvalue weighted by molar-refractivity contribution is 6.01. The van der Waals surface area contributed by atoms with Crippen molar-refractivity contribution in [3.05, 3.63) is 35.5 Å². The number of fused-ring (bicyclic) bond motifs is 7. The van der Waals surface area contributed by atoms with E-state index in [4.69, 9.17) is 9.47 Å². The van der Waals surface area contributed by atoms with Crippen molar-refractivity contribution in [2.45, 2.75) is 77.0 Å². The zero-order chi connectivity index (χ0) is 22.2. The molecule has 4 aliphatic carbocycles. The number of Topliss-reactive ketones (excluding diaryl/α,β-unsaturated/α-hetero) is 1. The standard InChI is InChI=1S/C25H32O6/c1-4-5-21-30-20-11-17-16-7-6-14-10-15(27)8-9-23(14,2)22(16)18(28)12-24(17,3)25(20,31-21)19(29)13-26/h8-11,16,18,20-22,26,28H,4-7,12-13H2,1-3H3/t16-,18-,20-,21-,22-,23-,24-,25-/m0/s1. The molecule has 1 heterocycles. The van der Waals surface area contributed by atoms with Crippen molar-refractivity contribution in [1.82, 2.24) is 0 Å². The van der Waals surface area contributed by atoms with Gasteiger partial charge < -0.3 is 19.7 Å². The van der Waals surface area contributed by atoms with E-state index in [0.29, 0.717) is 12.8 Å². The molecule has 0 aromatic carbocycles. The van der Waals surface area contributed by atoms with Gasteiger partial charge in [-0.15, -0.1) is 0 Å². The largest absolute Gasteiger partial charge is 0.393 e. The molecule has 0 unspecified atom stereocenters. The smallest absolute Gasteiger partial charge is 0.193 e. The summed E-state index contributed by atoms with van der Waals surface area (Å²) in [6, 6.07) is 0. The van der Waals surface area contributed by atoms with E-state index in [1.165, 1.54) is 0 Å². The van der Waals surface area contributed by atoms with Crippen LogP contribution in [-0.2, 0) is 19.1 Å². The number of ether oxygens (including phenoxy) is 2. The van der Waals surface area contributed by atoms with E-state index in [9.17, 15) is 19.8 Å². The lowest BCUT2D eigenvalue weighted by Crippen LogP contribution is -2.62. The zero-order valence-electron chi connectivity index (χ0n) is 18.5. The summed E-state index contributed by atoms with van der Waals surface area (Å²) in [7, 11) is 0. The molecule has 1 saturated heterocycles. The van der Waals surface area contributed by atoms with E-state index >= 15 is 0 Å². The Morgan fingerprint density at radius 3 is 2.81 bits per heavy atom. The van der Waals surface area contributed by atoms with E-state index in [1.807, 2.05) is 19.9 Å². The third-order valence-electron chi connectivity index (χ3n) is 8.77. The third-order valence-corrected chi connectivity index (χ3v) is 8.77. The topological polar surface area (TPSA) is 93.1 Å². The van der Waals surface area contributed by atoms with Crippen LogP contribution in [-0.4, -0.2) is 52.5 Å². The monoisotopic (exact) mass is 428 g/mol. The van der Waals surface area contributed by atoms with Crippen molar-refractivity contribution in [3.8, 4) is 0 Å². The van der Waals surface area contributed by atoms with Crippen molar-refractivity contribution in [2.75, 3.05) is 6.61 Å². The minimum atomic E-state index is -1.29. The minimum absolute atomic E-state index is 0.00642. The quantitative estimate of drug-likeness (QED) is 0.669. The summed E-state index contributed by atoms with van der Waals surface area (Å²) in [5.41, 5.74) is -0.240. The second kappa shape index (κ2) is 6.95. The molecule has 1 aliphatic heterocycles. The van der Waals surface area contributed by atoms with Gasteiger partial charge in [0.1, 0.15) is 12.7 Å². The number of rotatable bonds is 4. The molecule has 2 N–H and O–H groups in total. The number of carbonyl (C=O) groups is 2. The van der Waals surface area contributed by atoms with Crippen molar-refractivity contribution in [2.24, 2.45) is 22.7 Å². The molecule has 6 nitrogen and oxygen atoms in total. The van der Waals surface area contributed by atoms with Gasteiger partial charge in [-0.25, -0.2) is 0 Å². The van der Waals surface area contributed by atoms with Gasteiger partial charge in [0.05, 0.1) is 6.10 Å². The fourth-order valence-electron chi connectivity index (χ4n) is 7.41. The van der Waals surface area contributed by atoms with Crippen molar-refractivity contribution in [3.63, 3.8) is 0 Å². The summed E-state index contributed by atoms with van der Waals surface area (Å²) in [5, 5.41) is 21.4. The average Bonchev–Trinajstić information content (AvgIpc) is 3.20. The summed E-state index contributed by atoms with van der Waals surface area (Å²) >= 11 is 0. The van der Waals surface area contributed by atoms with Gasteiger partial charge in [0.15, 0.2) is 23.5 Å². The molecule has 0 radical (unpaired) electrons. The second-order valence-electron chi connectivity index (χ2n) is 10.3. The van der Waals surface area contributed by atoms with E-state index in [1.54, 1.807) is 12.2 Å². The number of hydrogen-bond donors (Lipinski definition) is 2. The Morgan fingerprint density at radius 1 is 1.32 bits per heavy atom. The van der Waals surface area contributed by atoms with E-state index in [0.717, 1.165) is 30.4 Å². The first-order valence-corrected chi connectivity index (χ1v) is 11.5. The summed E-state index contributed by atoms with van der Waals surface area (Å²) in [4.78, 5) is 25.2. The lowest BCUT2D eigenvalue weighted by Gasteiger charge is -2.58. The molecule has 8 atom stereocenters. The fraction of sp³-hybridized carbons (Fsp3) is 0.680. The first-order chi connectivity index (χ1) is 14.7. The number of ketones is 2. The predicted molar refractivity (Wildman–Crippen MR) is 113 cm³/mol. The maximum Gasteiger partial charge on any atom is 0.193 e. The van der Waals surface area contributed by atoms with Crippen LogP contribution in [0.1, 0.15) is 52.9 Å². The summed E-state index contributed by atoms with van der Waals surface area (Å²) in [5.74, 6) is -0.393. The van der Waals surface area contributed by atoms with Crippen LogP contribution < -0.4 is 0 Å². The molecular weight excluding hydrogens is 396 g/mol. The molecule has 0 aromatic heterocycles. The molecule has 0 bridgehead atoms. The summed E-state index contributed by atoms with van der Waals surface area (Å²) in [6.45, 7) is 5.53. The van der Waals surface area contributed by atoms with Gasteiger partial charge in [-0.3, -0.25) is 9.59 Å². The number of allylic oxidation sites excluding steroid dienone is 4. The molecule has 0 spiro atoms. The normalized spacial score (nSPS) is 47.8. The van der Waals surface area contributed by atoms with Gasteiger partial charge in [0.2, 0.25) is 0 Å². The zero-order valence-corrected chi connectivity index (χ0v) is 18.5. The molecule has 0 amide bonds. The third kappa shape index (κ3) is 2.59. The highest BCUT2D eigenvalue weighted by Crippen LogP contribution is 2.67. The van der Waals surface area contributed by atoms with Crippen LogP contribution in [0.3, 0.4) is 0 Å². The van der Waals surface area contributed by atoms with Crippen molar-refractivity contribution >= 4 is 11.6 Å². The number of aliphatic hydroxyl groups excluding tert-OH is 2. The molecule has 5 aliphatic rings. The van der Waals surface area contributed by atoms with E-state index < -0.39 is 41.5 Å². The average molecular weight is 429 g/mol. The van der Waals surface area contributed by atoms with Crippen LogP contribution in [0.4, 0.5) is 0 Å². The summed E-state index contributed by atoms with van der Waals surface area (Å²) in [6.07, 6.45) is 9.13. The maximum absolute atomic E-state index is 13.2. The Hall–Kier alpha value is -1.60. The van der Waals surface area contributed by atoms with Crippen LogP contribution in [0, 0.1) is 22.7 Å². The van der Waals surface area contributed by atoms with Gasteiger partial charge in [-0.05, 0) is 43.8 Å². The van der Waals surface area contributed by atoms with Crippen molar-refractivity contribution < 1.29 is 29.3 Å². The van der Waals surface area contributed by atoms with Gasteiger partial charge in [-0.2, -0.15) is 0 Å². The molecule has 0 aromatic rings. The van der Waals surface area contributed by atoms with Gasteiger partial charge in [0.25, 0.3) is 0 Å². The molecule has 168 valence electrons. The Morgan fingerprint density at radius 2 is 2.10 bits per heavy atom. The highest BCUT2D eigenvalue weighted by Gasteiger charge is 2.72. The Bertz CT molecular complexity index is 917. The van der Waals surface area contributed by atoms with Gasteiger partial charge >= 0.3 is 0 Å². The molecule has 6 heteroatoms. The number of aliphatic hydroxyl groups is 2. The maximum atomic E-state index is 13.2. The molecule has 2 saturated carbocycles. The minimum Gasteiger partial charge on any atom is -0.393 e. The van der Waals surface area contributed by atoms with Crippen LogP contribution >= 0.6 is 0 Å². The summed E-state index contributed by atoms with van der Waals surface area (Å²) < 4.78 is 12.5. The van der Waals surface area contributed by atoms with Gasteiger partial charge in [0, 0.05) is 16.7 Å². The van der Waals surface area contributed by atoms with Crippen molar-refractivity contribution in [1.29, 1.82) is 0 Å². The molecule has 5 rings (SSSR count). The molecular formula is C25H32O6.